The summed E-state index contributed by atoms with van der Waals surface area (Å²) >= 11 is 0. The minimum atomic E-state index is -1.73. The van der Waals surface area contributed by atoms with Crippen LogP contribution in [-0.2, 0) is 36.6 Å². The Labute approximate surface area is 282 Å². The van der Waals surface area contributed by atoms with Crippen LogP contribution in [0.5, 0.6) is 23.0 Å². The van der Waals surface area contributed by atoms with Crippen molar-refractivity contribution in [3.63, 3.8) is 0 Å². The average Bonchev–Trinajstić information content (AvgIpc) is 3.45. The molecule has 3 fully saturated rings. The Morgan fingerprint density at radius 3 is 1.86 bits per heavy atom. The van der Waals surface area contributed by atoms with E-state index in [0.29, 0.717) is 24.3 Å². The van der Waals surface area contributed by atoms with Crippen molar-refractivity contribution in [2.75, 3.05) is 41.2 Å². The quantitative estimate of drug-likeness (QED) is 0.116. The van der Waals surface area contributed by atoms with E-state index in [2.05, 4.69) is 0 Å². The summed E-state index contributed by atoms with van der Waals surface area (Å²) in [5.74, 6) is 0.707. The third-order valence-corrected chi connectivity index (χ3v) is 9.13. The molecule has 0 spiro atoms. The van der Waals surface area contributed by atoms with Gasteiger partial charge in [0.25, 0.3) is 0 Å². The Hall–Kier alpha value is -3.29. The van der Waals surface area contributed by atoms with E-state index in [1.165, 1.54) is 7.11 Å². The highest BCUT2D eigenvalue weighted by Gasteiger charge is 2.48. The van der Waals surface area contributed by atoms with Crippen molar-refractivity contribution >= 4 is 5.97 Å². The molecule has 0 radical (unpaired) electrons. The lowest BCUT2D eigenvalue weighted by Crippen LogP contribution is -2.62. The molecule has 16 heteroatoms. The van der Waals surface area contributed by atoms with E-state index < -0.39 is 80.5 Å². The van der Waals surface area contributed by atoms with Gasteiger partial charge in [-0.25, -0.2) is 0 Å². The van der Waals surface area contributed by atoms with Crippen LogP contribution in [0.1, 0.15) is 11.1 Å². The number of ether oxygens (including phenoxy) is 8. The first kappa shape index (κ1) is 37.0. The van der Waals surface area contributed by atoms with E-state index in [1.54, 1.807) is 32.4 Å². The number of aliphatic hydroxyl groups excluding tert-OH is 7. The summed E-state index contributed by atoms with van der Waals surface area (Å²) in [5.41, 5.74) is 1.71. The molecule has 0 amide bonds. The normalized spacial score (nSPS) is 34.7. The number of esters is 1. The second kappa shape index (κ2) is 16.2. The zero-order valence-corrected chi connectivity index (χ0v) is 27.2. The number of methoxy groups -OCH3 is 3. The standard InChI is InChI=1S/C33H44O16/c1-42-19-6-4-15(10-21(19)43-2)8-17-13-45-31(41)18(17)9-16-5-7-20(22(11-16)44-3)47-33-30(40)28(38)26(36)24(49-33)14-46-32-29(39)27(37)25(35)23(12-34)48-32/h4-7,10-11,17-18,23-30,32-40H,8-9,12-14H2,1-3H3/t17-,18-,23-,24-,25-,26-,27+,28+,29-,30-,32-,33-/m1/s1. The molecular formula is C33H44O16. The van der Waals surface area contributed by atoms with Crippen LogP contribution >= 0.6 is 0 Å². The largest absolute Gasteiger partial charge is 0.493 e. The van der Waals surface area contributed by atoms with E-state index in [9.17, 15) is 40.5 Å². The van der Waals surface area contributed by atoms with Crippen molar-refractivity contribution in [1.82, 2.24) is 0 Å². The molecule has 49 heavy (non-hydrogen) atoms. The van der Waals surface area contributed by atoms with Gasteiger partial charge in [-0.15, -0.1) is 0 Å². The monoisotopic (exact) mass is 696 g/mol. The molecule has 5 rings (SSSR count). The highest BCUT2D eigenvalue weighted by molar-refractivity contribution is 5.75. The van der Waals surface area contributed by atoms with E-state index in [-0.39, 0.29) is 30.0 Å². The molecule has 2 aromatic carbocycles. The maximum Gasteiger partial charge on any atom is 0.309 e. The number of hydrogen-bond donors (Lipinski definition) is 7. The molecule has 0 aromatic heterocycles. The summed E-state index contributed by atoms with van der Waals surface area (Å²) in [6, 6.07) is 10.6. The fourth-order valence-electron chi connectivity index (χ4n) is 6.23. The van der Waals surface area contributed by atoms with E-state index in [0.717, 1.165) is 11.1 Å². The number of hydrogen-bond acceptors (Lipinski definition) is 16. The Morgan fingerprint density at radius 2 is 1.22 bits per heavy atom. The number of benzene rings is 2. The first-order valence-electron chi connectivity index (χ1n) is 15.8. The molecule has 0 unspecified atom stereocenters. The van der Waals surface area contributed by atoms with Gasteiger partial charge in [-0.05, 0) is 48.2 Å². The molecule has 0 bridgehead atoms. The molecule has 3 aliphatic heterocycles. The van der Waals surface area contributed by atoms with Crippen molar-refractivity contribution in [2.24, 2.45) is 11.8 Å². The predicted octanol–water partition coefficient (Wildman–Crippen LogP) is -1.71. The van der Waals surface area contributed by atoms with Gasteiger partial charge >= 0.3 is 5.97 Å². The average molecular weight is 697 g/mol. The molecule has 3 saturated heterocycles. The van der Waals surface area contributed by atoms with Gasteiger partial charge < -0.3 is 73.6 Å². The fourth-order valence-corrected chi connectivity index (χ4v) is 6.23. The molecule has 0 saturated carbocycles. The highest BCUT2D eigenvalue weighted by atomic mass is 16.7. The molecule has 3 aliphatic rings. The van der Waals surface area contributed by atoms with Gasteiger partial charge in [-0.2, -0.15) is 0 Å². The second-order valence-corrected chi connectivity index (χ2v) is 12.2. The van der Waals surface area contributed by atoms with Crippen LogP contribution in [0, 0.1) is 11.8 Å². The summed E-state index contributed by atoms with van der Waals surface area (Å²) in [6.07, 6.45) is -14.7. The third-order valence-electron chi connectivity index (χ3n) is 9.13. The molecule has 16 nitrogen and oxygen atoms in total. The minimum absolute atomic E-state index is 0.103. The second-order valence-electron chi connectivity index (χ2n) is 12.2. The Kier molecular flexibility index (Phi) is 12.2. The van der Waals surface area contributed by atoms with E-state index in [1.807, 2.05) is 18.2 Å². The van der Waals surface area contributed by atoms with E-state index in [4.69, 9.17) is 37.9 Å². The van der Waals surface area contributed by atoms with Crippen LogP contribution in [-0.4, -0.2) is 144 Å². The van der Waals surface area contributed by atoms with Gasteiger partial charge in [0.2, 0.25) is 6.29 Å². The number of carbonyl (C=O) groups excluding carboxylic acids is 1. The Bertz CT molecular complexity index is 1400. The van der Waals surface area contributed by atoms with Gasteiger partial charge in [0.05, 0.1) is 47.1 Å². The summed E-state index contributed by atoms with van der Waals surface area (Å²) in [5, 5.41) is 71.4. The van der Waals surface area contributed by atoms with Gasteiger partial charge in [0.15, 0.2) is 29.3 Å². The van der Waals surface area contributed by atoms with Crippen LogP contribution in [0.15, 0.2) is 36.4 Å². The van der Waals surface area contributed by atoms with Crippen molar-refractivity contribution in [2.45, 2.75) is 74.3 Å². The Balaban J connectivity index is 1.24. The zero-order chi connectivity index (χ0) is 35.4. The van der Waals surface area contributed by atoms with Crippen molar-refractivity contribution in [3.05, 3.63) is 47.5 Å². The maximum absolute atomic E-state index is 12.8. The number of carbonyl (C=O) groups is 1. The minimum Gasteiger partial charge on any atom is -0.493 e. The molecule has 3 heterocycles. The lowest BCUT2D eigenvalue weighted by atomic mass is 9.85. The first-order chi connectivity index (χ1) is 23.5. The van der Waals surface area contributed by atoms with Gasteiger partial charge in [-0.1, -0.05) is 12.1 Å². The van der Waals surface area contributed by atoms with Crippen LogP contribution in [0.4, 0.5) is 0 Å². The fraction of sp³-hybridized carbons (Fsp3) is 0.606. The predicted molar refractivity (Wildman–Crippen MR) is 165 cm³/mol. The summed E-state index contributed by atoms with van der Waals surface area (Å²) in [7, 11) is 4.52. The molecule has 272 valence electrons. The zero-order valence-electron chi connectivity index (χ0n) is 27.2. The third kappa shape index (κ3) is 8.04. The van der Waals surface area contributed by atoms with E-state index >= 15 is 0 Å². The molecular weight excluding hydrogens is 652 g/mol. The van der Waals surface area contributed by atoms with Crippen LogP contribution in [0.2, 0.25) is 0 Å². The lowest BCUT2D eigenvalue weighted by Gasteiger charge is -2.42. The summed E-state index contributed by atoms with van der Waals surface area (Å²) < 4.78 is 44.1. The summed E-state index contributed by atoms with van der Waals surface area (Å²) in [6.45, 7) is -0.909. The number of rotatable bonds is 13. The molecule has 7 N–H and O–H groups in total. The SMILES string of the molecule is COc1ccc(C[C@@H]2COC(=O)[C@@H]2Cc2ccc(O[C@@H]3O[C@H](CO[C@@H]4O[C@H](CO)[C@@H](O)[C@H](O)[C@H]4O)[C@@H](O)[C@H](O)[C@H]3O)c(OC)c2)cc1OC. The van der Waals surface area contributed by atoms with Gasteiger partial charge in [0, 0.05) is 5.92 Å². The first-order valence-corrected chi connectivity index (χ1v) is 15.8. The molecule has 0 aliphatic carbocycles. The Morgan fingerprint density at radius 1 is 0.673 bits per heavy atom. The molecule has 2 aromatic rings. The molecule has 12 atom stereocenters. The van der Waals surface area contributed by atoms with Crippen molar-refractivity contribution in [1.29, 1.82) is 0 Å². The van der Waals surface area contributed by atoms with Crippen LogP contribution in [0.3, 0.4) is 0 Å². The van der Waals surface area contributed by atoms with Crippen molar-refractivity contribution in [3.8, 4) is 23.0 Å². The van der Waals surface area contributed by atoms with Gasteiger partial charge in [-0.3, -0.25) is 4.79 Å². The van der Waals surface area contributed by atoms with Crippen molar-refractivity contribution < 1.29 is 78.4 Å². The number of cyclic esters (lactones) is 1. The maximum atomic E-state index is 12.8. The number of aliphatic hydroxyl groups is 7. The summed E-state index contributed by atoms with van der Waals surface area (Å²) in [4.78, 5) is 12.8. The lowest BCUT2D eigenvalue weighted by molar-refractivity contribution is -0.323. The smallest absolute Gasteiger partial charge is 0.309 e. The van der Waals surface area contributed by atoms with Crippen LogP contribution in [0.25, 0.3) is 0 Å². The van der Waals surface area contributed by atoms with Crippen LogP contribution < -0.4 is 18.9 Å². The topological polar surface area (TPSA) is 233 Å². The highest BCUT2D eigenvalue weighted by Crippen LogP contribution is 2.36. The van der Waals surface area contributed by atoms with Gasteiger partial charge in [0.1, 0.15) is 48.8 Å².